The minimum Gasteiger partial charge on any atom is -0.464 e. The molecule has 0 aliphatic carbocycles. The first-order chi connectivity index (χ1) is 11.6. The normalized spacial score (nSPS) is 9.79. The molecule has 0 atom stereocenters. The summed E-state index contributed by atoms with van der Waals surface area (Å²) in [5.41, 5.74) is 3.57. The average Bonchev–Trinajstić information content (AvgIpc) is 3.01. The highest BCUT2D eigenvalue weighted by Gasteiger charge is 2.01. The molecular formula is C20H26O4. The lowest BCUT2D eigenvalue weighted by atomic mass is 10.1. The number of aryl methyl sites for hydroxylation is 2. The van der Waals surface area contributed by atoms with E-state index in [0.29, 0.717) is 13.2 Å². The molecule has 2 rings (SSSR count). The highest BCUT2D eigenvalue weighted by Crippen LogP contribution is 2.22. The number of carbonyl (C=O) groups excluding carboxylic acids is 1. The van der Waals surface area contributed by atoms with E-state index in [1.807, 2.05) is 13.0 Å². The van der Waals surface area contributed by atoms with Gasteiger partial charge in [-0.3, -0.25) is 0 Å². The fraction of sp³-hybridized carbons (Fsp3) is 0.350. The van der Waals surface area contributed by atoms with Gasteiger partial charge in [0.2, 0.25) is 0 Å². The summed E-state index contributed by atoms with van der Waals surface area (Å²) in [6, 6.07) is 10.4. The van der Waals surface area contributed by atoms with Crippen LogP contribution in [0.1, 0.15) is 24.0 Å². The predicted molar refractivity (Wildman–Crippen MR) is 95.9 cm³/mol. The zero-order valence-electron chi connectivity index (χ0n) is 14.7. The summed E-state index contributed by atoms with van der Waals surface area (Å²) in [4.78, 5) is 10.5. The fourth-order valence-electron chi connectivity index (χ4n) is 1.96. The highest BCUT2D eigenvalue weighted by atomic mass is 16.5. The number of carbonyl (C=O) groups is 1. The Morgan fingerprint density at radius 1 is 1.17 bits per heavy atom. The second-order valence-electron chi connectivity index (χ2n) is 5.43. The first-order valence-corrected chi connectivity index (χ1v) is 7.97. The standard InChI is InChI=1S/C12H12O.C8H14O3/c1-9-4-3-5-11(6-9)12-7-10(2)8-13-12;1-3-8(9)11-7-5-4-6-10-2/h3-8H,1-2H3;3H,1,4-7H2,2H3. The summed E-state index contributed by atoms with van der Waals surface area (Å²) in [7, 11) is 1.65. The van der Waals surface area contributed by atoms with Gasteiger partial charge in [0.1, 0.15) is 5.76 Å². The second kappa shape index (κ2) is 11.2. The summed E-state index contributed by atoms with van der Waals surface area (Å²) in [5.74, 6) is 0.587. The van der Waals surface area contributed by atoms with E-state index in [9.17, 15) is 4.79 Å². The van der Waals surface area contributed by atoms with Crippen LogP contribution >= 0.6 is 0 Å². The van der Waals surface area contributed by atoms with Gasteiger partial charge in [-0.05, 0) is 44.4 Å². The molecule has 2 aromatic rings. The maximum absolute atomic E-state index is 10.5. The van der Waals surface area contributed by atoms with Crippen molar-refractivity contribution in [2.75, 3.05) is 20.3 Å². The van der Waals surface area contributed by atoms with Crippen molar-refractivity contribution >= 4 is 5.97 Å². The van der Waals surface area contributed by atoms with Crippen molar-refractivity contribution in [1.29, 1.82) is 0 Å². The van der Waals surface area contributed by atoms with E-state index in [2.05, 4.69) is 37.8 Å². The first-order valence-electron chi connectivity index (χ1n) is 7.97. The molecule has 24 heavy (non-hydrogen) atoms. The number of unbranched alkanes of at least 4 members (excludes halogenated alkanes) is 1. The van der Waals surface area contributed by atoms with Gasteiger partial charge < -0.3 is 13.9 Å². The lowest BCUT2D eigenvalue weighted by Crippen LogP contribution is -2.02. The number of benzene rings is 1. The molecule has 0 amide bonds. The van der Waals surface area contributed by atoms with Crippen molar-refractivity contribution in [3.8, 4) is 11.3 Å². The van der Waals surface area contributed by atoms with E-state index < -0.39 is 0 Å². The molecule has 1 aromatic carbocycles. The maximum atomic E-state index is 10.5. The summed E-state index contributed by atoms with van der Waals surface area (Å²) < 4.78 is 14.9. The van der Waals surface area contributed by atoms with Crippen molar-refractivity contribution in [3.05, 3.63) is 60.4 Å². The topological polar surface area (TPSA) is 48.7 Å². The lowest BCUT2D eigenvalue weighted by Gasteiger charge is -2.00. The highest BCUT2D eigenvalue weighted by molar-refractivity contribution is 5.81. The minimum atomic E-state index is -0.359. The molecule has 0 fully saturated rings. The number of ether oxygens (including phenoxy) is 2. The smallest absolute Gasteiger partial charge is 0.330 e. The Morgan fingerprint density at radius 3 is 2.50 bits per heavy atom. The Hall–Kier alpha value is -2.33. The van der Waals surface area contributed by atoms with E-state index >= 15 is 0 Å². The molecule has 0 saturated heterocycles. The summed E-state index contributed by atoms with van der Waals surface area (Å²) in [6.07, 6.45) is 4.70. The Morgan fingerprint density at radius 2 is 1.92 bits per heavy atom. The van der Waals surface area contributed by atoms with Gasteiger partial charge in [0, 0.05) is 25.4 Å². The fourth-order valence-corrected chi connectivity index (χ4v) is 1.96. The van der Waals surface area contributed by atoms with Gasteiger partial charge in [-0.25, -0.2) is 4.79 Å². The van der Waals surface area contributed by atoms with Gasteiger partial charge in [0.25, 0.3) is 0 Å². The number of rotatable bonds is 7. The van der Waals surface area contributed by atoms with E-state index in [1.54, 1.807) is 13.4 Å². The third-order valence-electron chi connectivity index (χ3n) is 3.19. The van der Waals surface area contributed by atoms with Crippen LogP contribution in [0.3, 0.4) is 0 Å². The molecule has 1 heterocycles. The van der Waals surface area contributed by atoms with Crippen molar-refractivity contribution in [1.82, 2.24) is 0 Å². The molecule has 4 heteroatoms. The van der Waals surface area contributed by atoms with Gasteiger partial charge in [0.05, 0.1) is 12.9 Å². The molecule has 0 spiro atoms. The van der Waals surface area contributed by atoms with Crippen molar-refractivity contribution in [2.24, 2.45) is 0 Å². The molecule has 0 aliphatic rings. The number of hydrogen-bond acceptors (Lipinski definition) is 4. The van der Waals surface area contributed by atoms with E-state index in [0.717, 1.165) is 35.8 Å². The van der Waals surface area contributed by atoms with E-state index in [-0.39, 0.29) is 5.97 Å². The average molecular weight is 330 g/mol. The van der Waals surface area contributed by atoms with Gasteiger partial charge in [0.15, 0.2) is 0 Å². The molecule has 0 saturated carbocycles. The third kappa shape index (κ3) is 7.79. The van der Waals surface area contributed by atoms with Crippen LogP contribution < -0.4 is 0 Å². The van der Waals surface area contributed by atoms with Crippen LogP contribution in [-0.2, 0) is 14.3 Å². The first kappa shape index (κ1) is 19.7. The van der Waals surface area contributed by atoms with Crippen LogP contribution in [0.4, 0.5) is 0 Å². The summed E-state index contributed by atoms with van der Waals surface area (Å²) in [6.45, 7) is 8.56. The Bertz CT molecular complexity index is 628. The molecule has 4 nitrogen and oxygen atoms in total. The van der Waals surface area contributed by atoms with Crippen LogP contribution in [-0.4, -0.2) is 26.3 Å². The molecule has 0 bridgehead atoms. The largest absolute Gasteiger partial charge is 0.464 e. The Balaban J connectivity index is 0.000000245. The van der Waals surface area contributed by atoms with Crippen LogP contribution in [0.15, 0.2) is 53.7 Å². The SMILES string of the molecule is C=CC(=O)OCCCCOC.Cc1cccc(-c2cc(C)co2)c1. The summed E-state index contributed by atoms with van der Waals surface area (Å²) in [5, 5.41) is 0. The Labute approximate surface area is 144 Å². The third-order valence-corrected chi connectivity index (χ3v) is 3.19. The maximum Gasteiger partial charge on any atom is 0.330 e. The molecule has 130 valence electrons. The number of furan rings is 1. The number of hydrogen-bond donors (Lipinski definition) is 0. The molecule has 0 N–H and O–H groups in total. The monoisotopic (exact) mass is 330 g/mol. The van der Waals surface area contributed by atoms with Crippen molar-refractivity contribution < 1.29 is 18.7 Å². The van der Waals surface area contributed by atoms with Gasteiger partial charge in [-0.2, -0.15) is 0 Å². The molecule has 1 aromatic heterocycles. The van der Waals surface area contributed by atoms with Crippen LogP contribution in [0.5, 0.6) is 0 Å². The van der Waals surface area contributed by atoms with E-state index in [1.165, 1.54) is 5.56 Å². The zero-order valence-corrected chi connectivity index (χ0v) is 14.7. The molecular weight excluding hydrogens is 304 g/mol. The van der Waals surface area contributed by atoms with Gasteiger partial charge in [-0.15, -0.1) is 0 Å². The van der Waals surface area contributed by atoms with Crippen LogP contribution in [0.25, 0.3) is 11.3 Å². The Kier molecular flexibility index (Phi) is 9.24. The second-order valence-corrected chi connectivity index (χ2v) is 5.43. The molecule has 0 radical (unpaired) electrons. The zero-order chi connectivity index (χ0) is 17.8. The minimum absolute atomic E-state index is 0.359. The van der Waals surface area contributed by atoms with Crippen molar-refractivity contribution in [3.63, 3.8) is 0 Å². The number of esters is 1. The molecule has 0 unspecified atom stereocenters. The van der Waals surface area contributed by atoms with Crippen molar-refractivity contribution in [2.45, 2.75) is 26.7 Å². The predicted octanol–water partition coefficient (Wildman–Crippen LogP) is 4.71. The van der Waals surface area contributed by atoms with E-state index in [4.69, 9.17) is 13.9 Å². The quantitative estimate of drug-likeness (QED) is 0.419. The van der Waals surface area contributed by atoms with Gasteiger partial charge in [-0.1, -0.05) is 30.3 Å². The lowest BCUT2D eigenvalue weighted by molar-refractivity contribution is -0.137. The van der Waals surface area contributed by atoms with Gasteiger partial charge >= 0.3 is 5.97 Å². The molecule has 0 aliphatic heterocycles. The van der Waals surface area contributed by atoms with Crippen LogP contribution in [0.2, 0.25) is 0 Å². The summed E-state index contributed by atoms with van der Waals surface area (Å²) >= 11 is 0. The number of methoxy groups -OCH3 is 1. The van der Waals surface area contributed by atoms with Crippen LogP contribution in [0, 0.1) is 13.8 Å².